The molecule has 43 heavy (non-hydrogen) atoms. The molecule has 3 aliphatic heterocycles. The van der Waals surface area contributed by atoms with E-state index in [0.29, 0.717) is 12.2 Å². The van der Waals surface area contributed by atoms with Gasteiger partial charge in [0.05, 0.1) is 25.5 Å². The van der Waals surface area contributed by atoms with Crippen molar-refractivity contribution in [2.45, 2.75) is 25.8 Å². The van der Waals surface area contributed by atoms with E-state index in [-0.39, 0.29) is 24.9 Å². The Kier molecular flexibility index (Phi) is 8.64. The van der Waals surface area contributed by atoms with Crippen molar-refractivity contribution in [1.82, 2.24) is 14.8 Å². The van der Waals surface area contributed by atoms with Crippen molar-refractivity contribution >= 4 is 34.8 Å². The molecule has 2 N–H and O–H groups in total. The van der Waals surface area contributed by atoms with E-state index in [1.807, 2.05) is 48.5 Å². The summed E-state index contributed by atoms with van der Waals surface area (Å²) in [4.78, 5) is 41.0. The molecule has 2 aromatic carbocycles. The van der Waals surface area contributed by atoms with Crippen LogP contribution in [-0.4, -0.2) is 86.2 Å². The molecule has 0 spiro atoms. The topological polar surface area (TPSA) is 98.5 Å². The number of methoxy groups -OCH3 is 1. The lowest BCUT2D eigenvalue weighted by atomic mass is 9.95. The second-order valence-electron chi connectivity index (χ2n) is 11.7. The number of rotatable bonds is 8. The maximum atomic E-state index is 13.3. The highest BCUT2D eigenvalue weighted by atomic mass is 16.5. The minimum atomic E-state index is -0.311. The fraction of sp³-hybridized carbons (Fsp3) is 0.424. The number of pyridine rings is 1. The quantitative estimate of drug-likeness (QED) is 0.397. The second-order valence-corrected chi connectivity index (χ2v) is 11.7. The van der Waals surface area contributed by atoms with Gasteiger partial charge in [0, 0.05) is 70.2 Å². The van der Waals surface area contributed by atoms with Crippen LogP contribution >= 0.6 is 0 Å². The van der Waals surface area contributed by atoms with Gasteiger partial charge in [-0.25, -0.2) is 9.78 Å². The molecule has 10 nitrogen and oxygen atoms in total. The molecule has 3 saturated heterocycles. The molecule has 1 aromatic heterocycles. The number of amides is 3. The summed E-state index contributed by atoms with van der Waals surface area (Å²) in [6.45, 7) is 7.84. The number of nitrogens with zero attached hydrogens (tertiary/aromatic N) is 6. The van der Waals surface area contributed by atoms with Crippen LogP contribution in [0.2, 0.25) is 0 Å². The van der Waals surface area contributed by atoms with Crippen molar-refractivity contribution in [1.29, 1.82) is 0 Å². The van der Waals surface area contributed by atoms with Crippen LogP contribution < -0.4 is 25.2 Å². The normalized spacial score (nSPS) is 18.8. The van der Waals surface area contributed by atoms with Crippen LogP contribution in [0.15, 0.2) is 66.9 Å². The third-order valence-corrected chi connectivity index (χ3v) is 8.94. The summed E-state index contributed by atoms with van der Waals surface area (Å²) in [6.07, 6.45) is 4.47. The van der Waals surface area contributed by atoms with Gasteiger partial charge in [-0.15, -0.1) is 0 Å². The van der Waals surface area contributed by atoms with Crippen LogP contribution in [0.25, 0.3) is 0 Å². The summed E-state index contributed by atoms with van der Waals surface area (Å²) in [5.74, 6) is 2.23. The summed E-state index contributed by atoms with van der Waals surface area (Å²) in [5, 5.41) is 0. The molecule has 4 heterocycles. The van der Waals surface area contributed by atoms with E-state index in [2.05, 4.69) is 26.8 Å². The lowest BCUT2D eigenvalue weighted by Crippen LogP contribution is -2.52. The van der Waals surface area contributed by atoms with Crippen LogP contribution in [0.3, 0.4) is 0 Å². The lowest BCUT2D eigenvalue weighted by Gasteiger charge is -2.40. The lowest BCUT2D eigenvalue weighted by molar-refractivity contribution is -0.129. The average Bonchev–Trinajstić information content (AvgIpc) is 3.05. The summed E-state index contributed by atoms with van der Waals surface area (Å²) in [5.41, 5.74) is 9.52. The summed E-state index contributed by atoms with van der Waals surface area (Å²) < 4.78 is 5.21. The number of piperazine rings is 1. The Morgan fingerprint density at radius 2 is 1.51 bits per heavy atom. The van der Waals surface area contributed by atoms with Crippen molar-refractivity contribution in [2.24, 2.45) is 5.92 Å². The third-order valence-electron chi connectivity index (χ3n) is 8.94. The van der Waals surface area contributed by atoms with Crippen molar-refractivity contribution < 1.29 is 14.3 Å². The van der Waals surface area contributed by atoms with E-state index >= 15 is 0 Å². The molecule has 0 aliphatic carbocycles. The molecule has 226 valence electrons. The molecule has 6 rings (SSSR count). The first-order valence-electron chi connectivity index (χ1n) is 15.3. The number of benzene rings is 2. The van der Waals surface area contributed by atoms with Crippen LogP contribution in [-0.2, 0) is 11.3 Å². The largest absolute Gasteiger partial charge is 0.497 e. The number of nitrogens with two attached hydrogens (primary N) is 1. The Morgan fingerprint density at radius 3 is 2.16 bits per heavy atom. The van der Waals surface area contributed by atoms with E-state index in [0.717, 1.165) is 74.5 Å². The van der Waals surface area contributed by atoms with Gasteiger partial charge in [-0.2, -0.15) is 0 Å². The SMILES string of the molecule is COc1ccc(CN2C(=O)CCN(c3ccc(N4CCN(CC5CCN(c6ccc(N)cc6)CC5)CC4)nc3)C2=O)cc1. The third kappa shape index (κ3) is 6.69. The molecule has 0 saturated carbocycles. The van der Waals surface area contributed by atoms with Gasteiger partial charge < -0.3 is 20.3 Å². The second kappa shape index (κ2) is 12.9. The predicted molar refractivity (Wildman–Crippen MR) is 170 cm³/mol. The average molecular weight is 584 g/mol. The highest BCUT2D eigenvalue weighted by Gasteiger charge is 2.33. The van der Waals surface area contributed by atoms with Crippen molar-refractivity contribution in [3.8, 4) is 5.75 Å². The van der Waals surface area contributed by atoms with Gasteiger partial charge >= 0.3 is 6.03 Å². The molecule has 3 aliphatic rings. The Morgan fingerprint density at radius 1 is 0.814 bits per heavy atom. The number of nitrogen functional groups attached to an aromatic ring is 1. The first kappa shape index (κ1) is 28.8. The van der Waals surface area contributed by atoms with Crippen LogP contribution in [0.4, 0.5) is 27.7 Å². The minimum absolute atomic E-state index is 0.160. The number of piperidine rings is 1. The molecule has 10 heteroatoms. The van der Waals surface area contributed by atoms with Crippen molar-refractivity contribution in [2.75, 3.05) is 79.9 Å². The van der Waals surface area contributed by atoms with E-state index in [1.165, 1.54) is 23.4 Å². The highest BCUT2D eigenvalue weighted by molar-refractivity contribution is 6.05. The van der Waals surface area contributed by atoms with Crippen LogP contribution in [0.1, 0.15) is 24.8 Å². The molecule has 0 radical (unpaired) electrons. The molecular formula is C33H41N7O3. The van der Waals surface area contributed by atoms with Gasteiger partial charge in [-0.05, 0) is 72.9 Å². The Hall–Kier alpha value is -4.31. The molecule has 3 amide bonds. The molecule has 0 atom stereocenters. The van der Waals surface area contributed by atoms with Gasteiger partial charge in [-0.1, -0.05) is 12.1 Å². The number of urea groups is 1. The number of aromatic nitrogens is 1. The van der Waals surface area contributed by atoms with Crippen LogP contribution in [0, 0.1) is 5.92 Å². The zero-order valence-electron chi connectivity index (χ0n) is 24.9. The van der Waals surface area contributed by atoms with Crippen molar-refractivity contribution in [3.05, 3.63) is 72.4 Å². The Bertz CT molecular complexity index is 1380. The number of ether oxygens (including phenoxy) is 1. The van der Waals surface area contributed by atoms with Gasteiger partial charge in [0.25, 0.3) is 0 Å². The van der Waals surface area contributed by atoms with E-state index in [4.69, 9.17) is 15.5 Å². The standard InChI is InChI=1S/C33H41N7O3/c1-43-30-9-2-25(3-10-30)24-40-32(41)14-17-39(33(40)42)29-8-11-31(35-22-29)38-20-18-36(19-21-38)23-26-12-15-37(16-13-26)28-6-4-27(34)5-7-28/h2-11,22,26H,12-21,23-24,34H2,1H3. The first-order valence-corrected chi connectivity index (χ1v) is 15.3. The predicted octanol–water partition coefficient (Wildman–Crippen LogP) is 4.07. The zero-order chi connectivity index (χ0) is 29.8. The molecular weight excluding hydrogens is 542 g/mol. The van der Waals surface area contributed by atoms with E-state index < -0.39 is 0 Å². The van der Waals surface area contributed by atoms with Crippen molar-refractivity contribution in [3.63, 3.8) is 0 Å². The minimum Gasteiger partial charge on any atom is -0.497 e. The maximum Gasteiger partial charge on any atom is 0.331 e. The Balaban J connectivity index is 0.982. The van der Waals surface area contributed by atoms with E-state index in [1.54, 1.807) is 18.2 Å². The van der Waals surface area contributed by atoms with Gasteiger partial charge in [-0.3, -0.25) is 19.5 Å². The molecule has 0 bridgehead atoms. The first-order chi connectivity index (χ1) is 21.0. The fourth-order valence-electron chi connectivity index (χ4n) is 6.31. The maximum absolute atomic E-state index is 13.3. The van der Waals surface area contributed by atoms with Crippen LogP contribution in [0.5, 0.6) is 5.75 Å². The van der Waals surface area contributed by atoms with Gasteiger partial charge in [0.2, 0.25) is 5.91 Å². The number of anilines is 4. The smallest absolute Gasteiger partial charge is 0.331 e. The summed E-state index contributed by atoms with van der Waals surface area (Å²) >= 11 is 0. The monoisotopic (exact) mass is 583 g/mol. The van der Waals surface area contributed by atoms with Gasteiger partial charge in [0.15, 0.2) is 0 Å². The molecule has 0 unspecified atom stereocenters. The number of imide groups is 1. The fourth-order valence-corrected chi connectivity index (χ4v) is 6.31. The number of carbonyl (C=O) groups is 2. The zero-order valence-corrected chi connectivity index (χ0v) is 24.9. The number of carbonyl (C=O) groups excluding carboxylic acids is 2. The molecule has 3 aromatic rings. The number of hydrogen-bond donors (Lipinski definition) is 1. The molecule has 3 fully saturated rings. The van der Waals surface area contributed by atoms with E-state index in [9.17, 15) is 9.59 Å². The number of hydrogen-bond acceptors (Lipinski definition) is 8. The highest BCUT2D eigenvalue weighted by Crippen LogP contribution is 2.27. The Labute approximate surface area is 253 Å². The van der Waals surface area contributed by atoms with Gasteiger partial charge in [0.1, 0.15) is 11.6 Å². The summed E-state index contributed by atoms with van der Waals surface area (Å²) in [7, 11) is 1.61. The summed E-state index contributed by atoms with van der Waals surface area (Å²) in [6, 6.07) is 19.3.